The first-order valence-corrected chi connectivity index (χ1v) is 21.9. The second-order valence-corrected chi connectivity index (χ2v) is 25.8. The highest BCUT2D eigenvalue weighted by Gasteiger charge is 2.56. The summed E-state index contributed by atoms with van der Waals surface area (Å²) in [5, 5.41) is 9.68. The van der Waals surface area contributed by atoms with E-state index in [9.17, 15) is 5.11 Å². The van der Waals surface area contributed by atoms with Crippen molar-refractivity contribution in [3.05, 3.63) is 11.6 Å². The van der Waals surface area contributed by atoms with Gasteiger partial charge >= 0.3 is 0 Å². The van der Waals surface area contributed by atoms with E-state index in [4.69, 9.17) is 8.85 Å². The predicted octanol–water partition coefficient (Wildman–Crippen LogP) is 9.49. The molecule has 0 aromatic rings. The summed E-state index contributed by atoms with van der Waals surface area (Å²) in [6.07, 6.45) is 14.4. The molecule has 0 aromatic carbocycles. The van der Waals surface area contributed by atoms with Crippen molar-refractivity contribution in [3.63, 3.8) is 0 Å². The van der Waals surface area contributed by atoms with Crippen LogP contribution in [0.5, 0.6) is 0 Å². The second-order valence-electron chi connectivity index (χ2n) is 16.3. The van der Waals surface area contributed by atoms with E-state index in [1.54, 1.807) is 5.57 Å². The van der Waals surface area contributed by atoms with E-state index in [0.717, 1.165) is 25.7 Å². The van der Waals surface area contributed by atoms with Crippen LogP contribution in [0.4, 0.5) is 0 Å². The molecule has 1 unspecified atom stereocenters. The average molecular weight is 575 g/mol. The second kappa shape index (κ2) is 12.5. The quantitative estimate of drug-likeness (QED) is 0.136. The summed E-state index contributed by atoms with van der Waals surface area (Å²) < 4.78 is 14.3. The van der Waals surface area contributed by atoms with Gasteiger partial charge in [0, 0.05) is 12.5 Å². The fraction of sp³-hybridized carbons (Fsp3) is 0.882. The number of fused-ring (bicyclic) bond motifs is 1. The minimum absolute atomic E-state index is 0.0486. The van der Waals surface area contributed by atoms with Crippen LogP contribution in [0.1, 0.15) is 113 Å². The molecule has 3 rings (SSSR count). The highest BCUT2D eigenvalue weighted by Crippen LogP contribution is 2.62. The molecule has 3 fully saturated rings. The molecular formula is C34H62O3Si2. The Labute approximate surface area is 244 Å². The fourth-order valence-electron chi connectivity index (χ4n) is 6.47. The van der Waals surface area contributed by atoms with Gasteiger partial charge in [0.25, 0.3) is 0 Å². The molecule has 0 aromatic heterocycles. The standard InChI is InChI=1S/C34H62O3Si2/c1-32(2,3)38(8,9)36-30(26-17-13-12-14-18-26)21-20-28-29-25-27(19-15-16-24-35)34(29,7)23-22-31(28)37-39(10,11)33(4,5)6/h19,26,28-31,35H,12-18,22-25H2,1-11H3/b27-19-/t28-,29-,30?,31-,34-/m0/s1. The Kier molecular flexibility index (Phi) is 10.6. The van der Waals surface area contributed by atoms with Gasteiger partial charge in [-0.3, -0.25) is 0 Å². The summed E-state index contributed by atoms with van der Waals surface area (Å²) in [5.41, 5.74) is 1.82. The van der Waals surface area contributed by atoms with Crippen molar-refractivity contribution in [3.8, 4) is 11.8 Å². The van der Waals surface area contributed by atoms with E-state index in [2.05, 4.69) is 92.6 Å². The van der Waals surface area contributed by atoms with Gasteiger partial charge in [-0.05, 0) is 98.5 Å². The van der Waals surface area contributed by atoms with Crippen molar-refractivity contribution >= 4 is 16.6 Å². The third-order valence-electron chi connectivity index (χ3n) is 11.5. The first-order valence-electron chi connectivity index (χ1n) is 16.1. The molecule has 0 heterocycles. The SMILES string of the molecule is CC(C)(C)[Si](C)(C)OC(C#C[C@@H]1[C@@H](O[Si](C)(C)C(C)(C)C)CC[C@@]2(C)/C(=C\CCCO)C[C@@H]12)C1CCCCC1. The Hall–Kier alpha value is -0.386. The minimum Gasteiger partial charge on any atom is -0.413 e. The Bertz CT molecular complexity index is 907. The number of rotatable bonds is 8. The molecule has 39 heavy (non-hydrogen) atoms. The molecule has 0 amide bonds. The lowest BCUT2D eigenvalue weighted by Crippen LogP contribution is -2.55. The van der Waals surface area contributed by atoms with Crippen LogP contribution in [0.15, 0.2) is 11.6 Å². The summed E-state index contributed by atoms with van der Waals surface area (Å²) in [6.45, 7) is 26.4. The molecule has 3 aliphatic rings. The van der Waals surface area contributed by atoms with Crippen LogP contribution in [0.2, 0.25) is 36.3 Å². The third-order valence-corrected chi connectivity index (χ3v) is 20.4. The summed E-state index contributed by atoms with van der Waals surface area (Å²) in [5.74, 6) is 9.17. The van der Waals surface area contributed by atoms with E-state index >= 15 is 0 Å². The van der Waals surface area contributed by atoms with Gasteiger partial charge in [-0.15, -0.1) is 0 Å². The van der Waals surface area contributed by atoms with Crippen molar-refractivity contribution in [2.75, 3.05) is 6.61 Å². The van der Waals surface area contributed by atoms with Crippen LogP contribution in [0, 0.1) is 35.0 Å². The zero-order valence-electron chi connectivity index (χ0n) is 27.5. The zero-order chi connectivity index (χ0) is 29.3. The Morgan fingerprint density at radius 3 is 2.15 bits per heavy atom. The number of allylic oxidation sites excluding steroid dienone is 2. The molecule has 3 aliphatic carbocycles. The number of hydrogen-bond donors (Lipinski definition) is 1. The molecule has 5 heteroatoms. The summed E-state index contributed by atoms with van der Waals surface area (Å²) in [7, 11) is -3.85. The van der Waals surface area contributed by atoms with Crippen molar-refractivity contribution < 1.29 is 14.0 Å². The van der Waals surface area contributed by atoms with Crippen molar-refractivity contribution in [1.82, 2.24) is 0 Å². The molecule has 0 spiro atoms. The molecule has 1 N–H and O–H groups in total. The topological polar surface area (TPSA) is 38.7 Å². The maximum atomic E-state index is 9.31. The maximum absolute atomic E-state index is 9.31. The van der Waals surface area contributed by atoms with E-state index in [1.807, 2.05) is 0 Å². The van der Waals surface area contributed by atoms with Crippen LogP contribution < -0.4 is 0 Å². The average Bonchev–Trinajstić information content (AvgIpc) is 2.82. The van der Waals surface area contributed by atoms with Gasteiger partial charge in [-0.1, -0.05) is 91.2 Å². The molecule has 0 saturated heterocycles. The van der Waals surface area contributed by atoms with Gasteiger partial charge < -0.3 is 14.0 Å². The van der Waals surface area contributed by atoms with E-state index in [1.165, 1.54) is 38.5 Å². The van der Waals surface area contributed by atoms with Crippen molar-refractivity contribution in [2.45, 2.75) is 161 Å². The summed E-state index contributed by atoms with van der Waals surface area (Å²) in [6, 6.07) is 0. The van der Waals surface area contributed by atoms with Crippen molar-refractivity contribution in [2.24, 2.45) is 23.2 Å². The molecular weight excluding hydrogens is 513 g/mol. The minimum atomic E-state index is -1.94. The van der Waals surface area contributed by atoms with Crippen LogP contribution in [-0.2, 0) is 8.85 Å². The summed E-state index contributed by atoms with van der Waals surface area (Å²) >= 11 is 0. The molecule has 0 aliphatic heterocycles. The van der Waals surface area contributed by atoms with Gasteiger partial charge in [0.15, 0.2) is 16.6 Å². The first kappa shape index (κ1) is 33.1. The van der Waals surface area contributed by atoms with Gasteiger partial charge in [0.2, 0.25) is 0 Å². The van der Waals surface area contributed by atoms with Gasteiger partial charge in [-0.2, -0.15) is 0 Å². The Morgan fingerprint density at radius 1 is 0.974 bits per heavy atom. The monoisotopic (exact) mass is 574 g/mol. The molecule has 3 saturated carbocycles. The number of unbranched alkanes of at least 4 members (excludes halogenated alkanes) is 1. The summed E-state index contributed by atoms with van der Waals surface area (Å²) in [4.78, 5) is 0. The van der Waals surface area contributed by atoms with Gasteiger partial charge in [0.1, 0.15) is 6.10 Å². The Balaban J connectivity index is 1.95. The van der Waals surface area contributed by atoms with Gasteiger partial charge in [-0.25, -0.2) is 0 Å². The first-order chi connectivity index (χ1) is 17.9. The number of hydrogen-bond acceptors (Lipinski definition) is 3. The third kappa shape index (κ3) is 7.53. The van der Waals surface area contributed by atoms with E-state index < -0.39 is 16.6 Å². The van der Waals surface area contributed by atoms with E-state index in [-0.39, 0.29) is 40.2 Å². The molecule has 0 bridgehead atoms. The molecule has 0 radical (unpaired) electrons. The van der Waals surface area contributed by atoms with Crippen LogP contribution >= 0.6 is 0 Å². The fourth-order valence-corrected chi connectivity index (χ4v) is 9.09. The predicted molar refractivity (Wildman–Crippen MR) is 172 cm³/mol. The largest absolute Gasteiger partial charge is 0.413 e. The lowest BCUT2D eigenvalue weighted by atomic mass is 9.48. The van der Waals surface area contributed by atoms with Crippen LogP contribution in [0.3, 0.4) is 0 Å². The van der Waals surface area contributed by atoms with E-state index in [0.29, 0.717) is 11.8 Å². The lowest BCUT2D eigenvalue weighted by molar-refractivity contribution is -0.0305. The molecule has 224 valence electrons. The normalized spacial score (nSPS) is 30.8. The van der Waals surface area contributed by atoms with Crippen LogP contribution in [-0.4, -0.2) is 40.6 Å². The smallest absolute Gasteiger partial charge is 0.193 e. The van der Waals surface area contributed by atoms with Crippen LogP contribution in [0.25, 0.3) is 0 Å². The highest BCUT2D eigenvalue weighted by molar-refractivity contribution is 6.74. The van der Waals surface area contributed by atoms with Gasteiger partial charge in [0.05, 0.1) is 6.10 Å². The van der Waals surface area contributed by atoms with Crippen molar-refractivity contribution in [1.29, 1.82) is 0 Å². The lowest BCUT2D eigenvalue weighted by Gasteiger charge is -2.58. The number of aliphatic hydroxyl groups is 1. The zero-order valence-corrected chi connectivity index (χ0v) is 29.5. The highest BCUT2D eigenvalue weighted by atomic mass is 28.4. The number of aliphatic hydroxyl groups excluding tert-OH is 1. The molecule has 3 nitrogen and oxygen atoms in total. The molecule has 5 atom stereocenters. The maximum Gasteiger partial charge on any atom is 0.193 e. The Morgan fingerprint density at radius 2 is 1.59 bits per heavy atom.